The molecular formula is C20H18ClN3O2. The molecule has 0 aliphatic heterocycles. The molecular weight excluding hydrogens is 350 g/mol. The largest absolute Gasteiger partial charge is 0.350 e. The second-order valence-corrected chi connectivity index (χ2v) is 7.10. The van der Waals surface area contributed by atoms with E-state index in [9.17, 15) is 9.59 Å². The Balaban J connectivity index is 1.49. The molecule has 6 heteroatoms. The summed E-state index contributed by atoms with van der Waals surface area (Å²) in [5.41, 5.74) is 6.98. The standard InChI is InChI=1S/C20H18ClN3O2/c1-24-12-16(15-4-2-3-5-17(15)24)18(25)22-23-19(26)20(10-11-20)13-6-8-14(21)9-7-13/h2-9,12H,10-11H2,1H3,(H,22,25)(H,23,26). The number of nitrogens with zero attached hydrogens (tertiary/aromatic N) is 1. The highest BCUT2D eigenvalue weighted by Crippen LogP contribution is 2.48. The quantitative estimate of drug-likeness (QED) is 0.697. The lowest BCUT2D eigenvalue weighted by Crippen LogP contribution is -2.46. The van der Waals surface area contributed by atoms with E-state index in [1.54, 1.807) is 18.3 Å². The number of hydrogen-bond donors (Lipinski definition) is 2. The predicted molar refractivity (Wildman–Crippen MR) is 101 cm³/mol. The summed E-state index contributed by atoms with van der Waals surface area (Å²) in [6.07, 6.45) is 3.27. The number of benzene rings is 2. The highest BCUT2D eigenvalue weighted by molar-refractivity contribution is 6.30. The molecule has 1 saturated carbocycles. The zero-order chi connectivity index (χ0) is 18.3. The van der Waals surface area contributed by atoms with Gasteiger partial charge < -0.3 is 4.57 Å². The first-order valence-electron chi connectivity index (χ1n) is 8.42. The van der Waals surface area contributed by atoms with Crippen molar-refractivity contribution in [2.24, 2.45) is 7.05 Å². The van der Waals surface area contributed by atoms with Crippen LogP contribution in [0.5, 0.6) is 0 Å². The molecule has 4 rings (SSSR count). The van der Waals surface area contributed by atoms with Crippen molar-refractivity contribution in [1.29, 1.82) is 0 Å². The van der Waals surface area contributed by atoms with Gasteiger partial charge in [-0.3, -0.25) is 20.4 Å². The van der Waals surface area contributed by atoms with E-state index in [1.807, 2.05) is 48.0 Å². The summed E-state index contributed by atoms with van der Waals surface area (Å²) in [7, 11) is 1.89. The molecule has 2 aromatic carbocycles. The molecule has 2 amide bonds. The summed E-state index contributed by atoms with van der Waals surface area (Å²) in [4.78, 5) is 25.2. The van der Waals surface area contributed by atoms with Gasteiger partial charge >= 0.3 is 0 Å². The molecule has 0 spiro atoms. The number of aryl methyl sites for hydroxylation is 1. The van der Waals surface area contributed by atoms with Crippen molar-refractivity contribution < 1.29 is 9.59 Å². The second-order valence-electron chi connectivity index (χ2n) is 6.67. The molecule has 0 saturated heterocycles. The summed E-state index contributed by atoms with van der Waals surface area (Å²) in [6.45, 7) is 0. The third kappa shape index (κ3) is 2.74. The maximum absolute atomic E-state index is 12.7. The maximum Gasteiger partial charge on any atom is 0.271 e. The van der Waals surface area contributed by atoms with Crippen LogP contribution in [-0.2, 0) is 17.3 Å². The van der Waals surface area contributed by atoms with Crippen molar-refractivity contribution >= 4 is 34.3 Å². The molecule has 1 fully saturated rings. The van der Waals surface area contributed by atoms with Gasteiger partial charge in [-0.1, -0.05) is 41.9 Å². The van der Waals surface area contributed by atoms with Crippen molar-refractivity contribution in [2.75, 3.05) is 0 Å². The lowest BCUT2D eigenvalue weighted by atomic mass is 9.95. The first-order valence-corrected chi connectivity index (χ1v) is 8.80. The lowest BCUT2D eigenvalue weighted by Gasteiger charge is -2.16. The Morgan fingerprint density at radius 2 is 1.73 bits per heavy atom. The number of nitrogens with one attached hydrogen (secondary N) is 2. The number of hydrogen-bond acceptors (Lipinski definition) is 2. The summed E-state index contributed by atoms with van der Waals surface area (Å²) in [6, 6.07) is 14.9. The predicted octanol–water partition coefficient (Wildman–Crippen LogP) is 3.32. The molecule has 0 atom stereocenters. The molecule has 1 aromatic heterocycles. The van der Waals surface area contributed by atoms with Crippen LogP contribution in [0.4, 0.5) is 0 Å². The molecule has 5 nitrogen and oxygen atoms in total. The van der Waals surface area contributed by atoms with E-state index in [0.29, 0.717) is 10.6 Å². The van der Waals surface area contributed by atoms with Crippen molar-refractivity contribution in [3.8, 4) is 0 Å². The normalized spacial score (nSPS) is 14.8. The van der Waals surface area contributed by atoms with Gasteiger partial charge in [0, 0.05) is 29.2 Å². The summed E-state index contributed by atoms with van der Waals surface area (Å²) < 4.78 is 1.89. The van der Waals surface area contributed by atoms with Crippen molar-refractivity contribution in [3.05, 3.63) is 70.9 Å². The van der Waals surface area contributed by atoms with Crippen LogP contribution in [0.15, 0.2) is 54.7 Å². The second kappa shape index (κ2) is 6.18. The van der Waals surface area contributed by atoms with Gasteiger partial charge in [-0.2, -0.15) is 0 Å². The van der Waals surface area contributed by atoms with Gasteiger partial charge in [-0.25, -0.2) is 0 Å². The molecule has 3 aromatic rings. The summed E-state index contributed by atoms with van der Waals surface area (Å²) >= 11 is 5.92. The van der Waals surface area contributed by atoms with E-state index >= 15 is 0 Å². The molecule has 132 valence electrons. The van der Waals surface area contributed by atoms with Crippen LogP contribution in [0, 0.1) is 0 Å². The van der Waals surface area contributed by atoms with E-state index in [-0.39, 0.29) is 11.8 Å². The highest BCUT2D eigenvalue weighted by Gasteiger charge is 2.51. The summed E-state index contributed by atoms with van der Waals surface area (Å²) in [5.74, 6) is -0.532. The van der Waals surface area contributed by atoms with Gasteiger partial charge in [-0.05, 0) is 36.6 Å². The van der Waals surface area contributed by atoms with Gasteiger partial charge in [0.2, 0.25) is 5.91 Å². The van der Waals surface area contributed by atoms with Gasteiger partial charge in [-0.15, -0.1) is 0 Å². The Morgan fingerprint density at radius 3 is 2.42 bits per heavy atom. The van der Waals surface area contributed by atoms with Gasteiger partial charge in [0.05, 0.1) is 11.0 Å². The summed E-state index contributed by atoms with van der Waals surface area (Å²) in [5, 5.41) is 1.48. The monoisotopic (exact) mass is 367 g/mol. The first kappa shape index (κ1) is 16.7. The van der Waals surface area contributed by atoms with Crippen LogP contribution in [0.25, 0.3) is 10.9 Å². The number of halogens is 1. The third-order valence-electron chi connectivity index (χ3n) is 5.01. The fourth-order valence-electron chi connectivity index (χ4n) is 3.36. The van der Waals surface area contributed by atoms with Gasteiger partial charge in [0.1, 0.15) is 0 Å². The van der Waals surface area contributed by atoms with Crippen molar-refractivity contribution in [2.45, 2.75) is 18.3 Å². The topological polar surface area (TPSA) is 63.1 Å². The zero-order valence-corrected chi connectivity index (χ0v) is 15.0. The average Bonchev–Trinajstić information content (AvgIpc) is 3.40. The maximum atomic E-state index is 12.7. The average molecular weight is 368 g/mol. The smallest absolute Gasteiger partial charge is 0.271 e. The van der Waals surface area contributed by atoms with Crippen molar-refractivity contribution in [1.82, 2.24) is 15.4 Å². The number of carbonyl (C=O) groups excluding carboxylic acids is 2. The minimum atomic E-state index is -0.573. The molecule has 0 radical (unpaired) electrons. The number of rotatable bonds is 3. The number of aromatic nitrogens is 1. The molecule has 1 heterocycles. The fourth-order valence-corrected chi connectivity index (χ4v) is 3.49. The van der Waals surface area contributed by atoms with E-state index in [0.717, 1.165) is 29.3 Å². The zero-order valence-electron chi connectivity index (χ0n) is 14.3. The first-order chi connectivity index (χ1) is 12.5. The number of fused-ring (bicyclic) bond motifs is 1. The molecule has 26 heavy (non-hydrogen) atoms. The SMILES string of the molecule is Cn1cc(C(=O)NNC(=O)C2(c3ccc(Cl)cc3)CC2)c2ccccc21. The van der Waals surface area contributed by atoms with E-state index in [4.69, 9.17) is 11.6 Å². The molecule has 1 aliphatic carbocycles. The van der Waals surface area contributed by atoms with Crippen LogP contribution in [0.3, 0.4) is 0 Å². The van der Waals surface area contributed by atoms with Crippen LogP contribution in [0.2, 0.25) is 5.02 Å². The highest BCUT2D eigenvalue weighted by atomic mass is 35.5. The van der Waals surface area contributed by atoms with Crippen LogP contribution < -0.4 is 10.9 Å². The van der Waals surface area contributed by atoms with E-state index in [2.05, 4.69) is 10.9 Å². The number of amides is 2. The minimum absolute atomic E-state index is 0.201. The van der Waals surface area contributed by atoms with Gasteiger partial charge in [0.15, 0.2) is 0 Å². The van der Waals surface area contributed by atoms with Crippen molar-refractivity contribution in [3.63, 3.8) is 0 Å². The number of hydrazine groups is 1. The molecule has 1 aliphatic rings. The fraction of sp³-hybridized carbons (Fsp3) is 0.200. The minimum Gasteiger partial charge on any atom is -0.350 e. The van der Waals surface area contributed by atoms with Gasteiger partial charge in [0.25, 0.3) is 5.91 Å². The Bertz CT molecular complexity index is 1000. The van der Waals surface area contributed by atoms with Crippen LogP contribution >= 0.6 is 11.6 Å². The number of carbonyl (C=O) groups is 2. The van der Waals surface area contributed by atoms with Crippen LogP contribution in [-0.4, -0.2) is 16.4 Å². The molecule has 0 unspecified atom stereocenters. The third-order valence-corrected chi connectivity index (χ3v) is 5.26. The molecule has 0 bridgehead atoms. The Morgan fingerprint density at radius 1 is 1.04 bits per heavy atom. The Labute approximate surface area is 155 Å². The van der Waals surface area contributed by atoms with E-state index in [1.165, 1.54) is 0 Å². The van der Waals surface area contributed by atoms with Crippen LogP contribution in [0.1, 0.15) is 28.8 Å². The lowest BCUT2D eigenvalue weighted by molar-refractivity contribution is -0.124. The number of para-hydroxylation sites is 1. The molecule has 2 N–H and O–H groups in total. The Hall–Kier alpha value is -2.79. The Kier molecular flexibility index (Phi) is 3.96. The van der Waals surface area contributed by atoms with E-state index < -0.39 is 5.41 Å².